The molecule has 0 bridgehead atoms. The molecule has 21 heavy (non-hydrogen) atoms. The van der Waals surface area contributed by atoms with Crippen molar-refractivity contribution in [3.63, 3.8) is 0 Å². The highest BCUT2D eigenvalue weighted by Crippen LogP contribution is 2.12. The van der Waals surface area contributed by atoms with Crippen molar-refractivity contribution in [2.75, 3.05) is 5.32 Å². The third kappa shape index (κ3) is 4.49. The molecule has 0 heterocycles. The molecule has 0 aliphatic rings. The standard InChI is InChI=1S/C16H16FNO2S/c1-12(16(19)18-15-8-3-2-4-9-15)21(20)11-13-6-5-7-14(17)10-13/h2-10,12H,11H2,1H3,(H,18,19)/t12-,21-/m1/s1. The number of para-hydroxylation sites is 1. The fourth-order valence-electron chi connectivity index (χ4n) is 1.80. The minimum absolute atomic E-state index is 0.154. The van der Waals surface area contributed by atoms with E-state index in [0.717, 1.165) is 0 Å². The minimum atomic E-state index is -1.41. The Morgan fingerprint density at radius 1 is 1.19 bits per heavy atom. The van der Waals surface area contributed by atoms with Crippen molar-refractivity contribution >= 4 is 22.4 Å². The SMILES string of the molecule is C[C@H](C(=O)Nc1ccccc1)[S@](=O)Cc1cccc(F)c1. The molecule has 2 aromatic carbocycles. The number of hydrogen-bond acceptors (Lipinski definition) is 2. The number of rotatable bonds is 5. The van der Waals surface area contributed by atoms with E-state index in [-0.39, 0.29) is 17.5 Å². The molecule has 1 amide bonds. The Balaban J connectivity index is 1.97. The van der Waals surface area contributed by atoms with Crippen molar-refractivity contribution in [2.45, 2.75) is 17.9 Å². The first kappa shape index (κ1) is 15.4. The number of halogens is 1. The molecule has 2 aromatic rings. The zero-order valence-electron chi connectivity index (χ0n) is 11.6. The fourth-order valence-corrected chi connectivity index (χ4v) is 2.86. The second-order valence-electron chi connectivity index (χ2n) is 4.65. The van der Waals surface area contributed by atoms with E-state index < -0.39 is 16.0 Å². The largest absolute Gasteiger partial charge is 0.325 e. The molecule has 1 N–H and O–H groups in total. The van der Waals surface area contributed by atoms with Crippen LogP contribution in [0, 0.1) is 5.82 Å². The highest BCUT2D eigenvalue weighted by Gasteiger charge is 2.20. The Labute approximate surface area is 125 Å². The number of amides is 1. The van der Waals surface area contributed by atoms with Crippen LogP contribution in [0.4, 0.5) is 10.1 Å². The van der Waals surface area contributed by atoms with Crippen molar-refractivity contribution in [1.82, 2.24) is 0 Å². The topological polar surface area (TPSA) is 46.2 Å². The Morgan fingerprint density at radius 3 is 2.57 bits per heavy atom. The van der Waals surface area contributed by atoms with Crippen LogP contribution in [0.1, 0.15) is 12.5 Å². The first-order valence-electron chi connectivity index (χ1n) is 6.54. The number of carbonyl (C=O) groups excluding carboxylic acids is 1. The van der Waals surface area contributed by atoms with Crippen LogP contribution >= 0.6 is 0 Å². The van der Waals surface area contributed by atoms with Crippen LogP contribution in [0.25, 0.3) is 0 Å². The number of anilines is 1. The van der Waals surface area contributed by atoms with Gasteiger partial charge in [0.1, 0.15) is 11.1 Å². The lowest BCUT2D eigenvalue weighted by Crippen LogP contribution is -2.29. The summed E-state index contributed by atoms with van der Waals surface area (Å²) >= 11 is 0. The third-order valence-corrected chi connectivity index (χ3v) is 4.62. The average Bonchev–Trinajstić information content (AvgIpc) is 2.47. The van der Waals surface area contributed by atoms with E-state index in [2.05, 4.69) is 5.32 Å². The van der Waals surface area contributed by atoms with Crippen LogP contribution in [0.3, 0.4) is 0 Å². The molecular formula is C16H16FNO2S. The van der Waals surface area contributed by atoms with E-state index >= 15 is 0 Å². The molecular weight excluding hydrogens is 289 g/mol. The van der Waals surface area contributed by atoms with E-state index in [0.29, 0.717) is 11.3 Å². The summed E-state index contributed by atoms with van der Waals surface area (Å²) in [5.74, 6) is -0.525. The molecule has 0 fully saturated rings. The van der Waals surface area contributed by atoms with Crippen molar-refractivity contribution < 1.29 is 13.4 Å². The molecule has 3 nitrogen and oxygen atoms in total. The molecule has 0 radical (unpaired) electrons. The molecule has 110 valence electrons. The first-order chi connectivity index (χ1) is 10.1. The predicted octanol–water partition coefficient (Wildman–Crippen LogP) is 3.10. The number of nitrogens with one attached hydrogen (secondary N) is 1. The van der Waals surface area contributed by atoms with Gasteiger partial charge in [-0.3, -0.25) is 9.00 Å². The highest BCUT2D eigenvalue weighted by atomic mass is 32.2. The summed E-state index contributed by atoms with van der Waals surface area (Å²) in [6, 6.07) is 14.9. The molecule has 0 aromatic heterocycles. The molecule has 0 aliphatic carbocycles. The first-order valence-corrected chi connectivity index (χ1v) is 7.92. The average molecular weight is 305 g/mol. The molecule has 2 atom stereocenters. The van der Waals surface area contributed by atoms with Crippen LogP contribution in [0.15, 0.2) is 54.6 Å². The van der Waals surface area contributed by atoms with Gasteiger partial charge in [-0.25, -0.2) is 4.39 Å². The van der Waals surface area contributed by atoms with Gasteiger partial charge < -0.3 is 5.32 Å². The maximum absolute atomic E-state index is 13.1. The van der Waals surface area contributed by atoms with Crippen LogP contribution in [-0.2, 0) is 21.3 Å². The van der Waals surface area contributed by atoms with Crippen LogP contribution in [-0.4, -0.2) is 15.4 Å². The molecule has 0 saturated heterocycles. The van der Waals surface area contributed by atoms with E-state index in [4.69, 9.17) is 0 Å². The van der Waals surface area contributed by atoms with Gasteiger partial charge in [0.15, 0.2) is 0 Å². The molecule has 2 rings (SSSR count). The third-order valence-electron chi connectivity index (χ3n) is 3.00. The maximum atomic E-state index is 13.1. The monoisotopic (exact) mass is 305 g/mol. The summed E-state index contributed by atoms with van der Waals surface area (Å²) in [7, 11) is -1.41. The Morgan fingerprint density at radius 2 is 1.90 bits per heavy atom. The van der Waals surface area contributed by atoms with Crippen LogP contribution in [0.5, 0.6) is 0 Å². The fraction of sp³-hybridized carbons (Fsp3) is 0.188. The van der Waals surface area contributed by atoms with Gasteiger partial charge in [-0.1, -0.05) is 30.3 Å². The number of carbonyl (C=O) groups is 1. The molecule has 0 saturated carbocycles. The second kappa shape index (κ2) is 7.13. The zero-order valence-corrected chi connectivity index (χ0v) is 12.4. The molecule has 5 heteroatoms. The second-order valence-corrected chi connectivity index (χ2v) is 6.41. The van der Waals surface area contributed by atoms with Gasteiger partial charge in [-0.15, -0.1) is 0 Å². The lowest BCUT2D eigenvalue weighted by molar-refractivity contribution is -0.115. The minimum Gasteiger partial charge on any atom is -0.325 e. The smallest absolute Gasteiger partial charge is 0.239 e. The predicted molar refractivity (Wildman–Crippen MR) is 82.8 cm³/mol. The van der Waals surface area contributed by atoms with Crippen molar-refractivity contribution in [3.8, 4) is 0 Å². The number of benzene rings is 2. The van der Waals surface area contributed by atoms with Gasteiger partial charge >= 0.3 is 0 Å². The summed E-state index contributed by atoms with van der Waals surface area (Å²) in [5, 5.41) is 2.04. The van der Waals surface area contributed by atoms with Gasteiger partial charge in [-0.2, -0.15) is 0 Å². The van der Waals surface area contributed by atoms with Crippen molar-refractivity contribution in [3.05, 3.63) is 66.0 Å². The van der Waals surface area contributed by atoms with Crippen LogP contribution < -0.4 is 5.32 Å². The van der Waals surface area contributed by atoms with Gasteiger partial charge in [0.25, 0.3) is 0 Å². The Hall–Kier alpha value is -2.01. The van der Waals surface area contributed by atoms with Crippen molar-refractivity contribution in [2.24, 2.45) is 0 Å². The normalized spacial score (nSPS) is 13.4. The molecule has 0 aliphatic heterocycles. The van der Waals surface area contributed by atoms with Gasteiger partial charge in [0, 0.05) is 22.2 Å². The molecule has 0 unspecified atom stereocenters. The van der Waals surface area contributed by atoms with Crippen LogP contribution in [0.2, 0.25) is 0 Å². The quantitative estimate of drug-likeness (QED) is 0.922. The van der Waals surface area contributed by atoms with Gasteiger partial charge in [0.05, 0.1) is 0 Å². The Bertz CT molecular complexity index is 646. The van der Waals surface area contributed by atoms with E-state index in [1.807, 2.05) is 18.2 Å². The summed E-state index contributed by atoms with van der Waals surface area (Å²) < 4.78 is 25.3. The van der Waals surface area contributed by atoms with Gasteiger partial charge in [-0.05, 0) is 36.8 Å². The molecule has 0 spiro atoms. The van der Waals surface area contributed by atoms with E-state index in [1.54, 1.807) is 31.2 Å². The zero-order chi connectivity index (χ0) is 15.2. The highest BCUT2D eigenvalue weighted by molar-refractivity contribution is 7.85. The summed E-state index contributed by atoms with van der Waals surface area (Å²) in [6.07, 6.45) is 0. The summed E-state index contributed by atoms with van der Waals surface area (Å²) in [4.78, 5) is 12.0. The van der Waals surface area contributed by atoms with Gasteiger partial charge in [0.2, 0.25) is 5.91 Å². The Kier molecular flexibility index (Phi) is 5.22. The maximum Gasteiger partial charge on any atom is 0.239 e. The lowest BCUT2D eigenvalue weighted by atomic mass is 10.2. The number of hydrogen-bond donors (Lipinski definition) is 1. The summed E-state index contributed by atoms with van der Waals surface area (Å²) in [6.45, 7) is 1.60. The van der Waals surface area contributed by atoms with E-state index in [1.165, 1.54) is 12.1 Å². The lowest BCUT2D eigenvalue weighted by Gasteiger charge is -2.12. The van der Waals surface area contributed by atoms with Crippen molar-refractivity contribution in [1.29, 1.82) is 0 Å². The summed E-state index contributed by atoms with van der Waals surface area (Å²) in [5.41, 5.74) is 1.28. The van der Waals surface area contributed by atoms with E-state index in [9.17, 15) is 13.4 Å².